The molecule has 0 radical (unpaired) electrons. The minimum atomic E-state index is -1.08. The van der Waals surface area contributed by atoms with Crippen molar-refractivity contribution in [2.75, 3.05) is 5.32 Å². The lowest BCUT2D eigenvalue weighted by Gasteiger charge is -2.13. The number of terminal acetylenes is 1. The number of nitrogens with zero attached hydrogens (tertiary/aromatic N) is 1. The van der Waals surface area contributed by atoms with Crippen LogP contribution in [-0.4, -0.2) is 27.1 Å². The molecule has 1 unspecified atom stereocenters. The van der Waals surface area contributed by atoms with Crippen LogP contribution in [0.2, 0.25) is 0 Å². The van der Waals surface area contributed by atoms with E-state index in [1.54, 1.807) is 0 Å². The van der Waals surface area contributed by atoms with Crippen LogP contribution in [0, 0.1) is 12.3 Å². The smallest absolute Gasteiger partial charge is 0.327 e. The zero-order valence-corrected chi connectivity index (χ0v) is 10.2. The Labute approximate surface area is 104 Å². The van der Waals surface area contributed by atoms with Crippen LogP contribution in [0.5, 0.6) is 0 Å². The molecule has 0 aliphatic carbocycles. The number of carbonyl (C=O) groups is 1. The molecule has 0 amide bonds. The van der Waals surface area contributed by atoms with Gasteiger partial charge in [-0.05, 0) is 0 Å². The van der Waals surface area contributed by atoms with Crippen LogP contribution >= 0.6 is 0 Å². The fraction of sp³-hybridized carbons (Fsp3) is 0.417. The molecular weight excluding hydrogens is 234 g/mol. The van der Waals surface area contributed by atoms with Gasteiger partial charge < -0.3 is 15.4 Å². The summed E-state index contributed by atoms with van der Waals surface area (Å²) in [6, 6.07) is 0.252. The molecule has 0 saturated heterocycles. The SMILES string of the molecule is C#CCC(Nc1cc(=O)[nH]c(C(C)C)n1)C(=O)O. The van der Waals surface area contributed by atoms with Crippen LogP contribution in [0.1, 0.15) is 32.0 Å². The summed E-state index contributed by atoms with van der Waals surface area (Å²) in [7, 11) is 0. The first kappa shape index (κ1) is 13.8. The van der Waals surface area contributed by atoms with E-state index in [4.69, 9.17) is 11.5 Å². The van der Waals surface area contributed by atoms with Gasteiger partial charge in [-0.3, -0.25) is 4.79 Å². The standard InChI is InChI=1S/C12H15N3O3/c1-4-5-8(12(17)18)13-9-6-10(16)15-11(14-9)7(2)3/h1,6-8H,5H2,2-3H3,(H,17,18)(H2,13,14,15,16). The van der Waals surface area contributed by atoms with E-state index in [1.807, 2.05) is 13.8 Å². The van der Waals surface area contributed by atoms with Gasteiger partial charge >= 0.3 is 5.97 Å². The summed E-state index contributed by atoms with van der Waals surface area (Å²) in [4.78, 5) is 29.1. The fourth-order valence-corrected chi connectivity index (χ4v) is 1.32. The number of nitrogens with one attached hydrogen (secondary N) is 2. The van der Waals surface area contributed by atoms with E-state index in [9.17, 15) is 9.59 Å². The molecule has 3 N–H and O–H groups in total. The highest BCUT2D eigenvalue weighted by Crippen LogP contribution is 2.10. The Bertz CT molecular complexity index is 528. The average Bonchev–Trinajstić information content (AvgIpc) is 2.27. The van der Waals surface area contributed by atoms with E-state index in [2.05, 4.69) is 21.2 Å². The molecule has 1 aromatic rings. The van der Waals surface area contributed by atoms with Gasteiger partial charge in [-0.2, -0.15) is 0 Å². The van der Waals surface area contributed by atoms with E-state index >= 15 is 0 Å². The molecule has 0 aliphatic rings. The quantitative estimate of drug-likeness (QED) is 0.670. The number of rotatable bonds is 5. The summed E-state index contributed by atoms with van der Waals surface area (Å²) < 4.78 is 0. The van der Waals surface area contributed by atoms with Gasteiger partial charge in [0.25, 0.3) is 5.56 Å². The Hall–Kier alpha value is -2.29. The molecule has 0 fully saturated rings. The predicted octanol–water partition coefficient (Wildman–Crippen LogP) is 0.782. The Morgan fingerprint density at radius 3 is 2.83 bits per heavy atom. The van der Waals surface area contributed by atoms with Gasteiger partial charge in [0.2, 0.25) is 0 Å². The molecule has 1 atom stereocenters. The third kappa shape index (κ3) is 3.63. The molecule has 0 bridgehead atoms. The molecule has 6 heteroatoms. The fourth-order valence-electron chi connectivity index (χ4n) is 1.32. The maximum atomic E-state index is 11.4. The minimum Gasteiger partial charge on any atom is -0.480 e. The van der Waals surface area contributed by atoms with Crippen molar-refractivity contribution in [3.05, 3.63) is 22.2 Å². The first-order valence-corrected chi connectivity index (χ1v) is 5.48. The van der Waals surface area contributed by atoms with Crippen LogP contribution in [0.15, 0.2) is 10.9 Å². The largest absolute Gasteiger partial charge is 0.480 e. The molecule has 1 heterocycles. The monoisotopic (exact) mass is 249 g/mol. The number of carboxylic acids is 1. The van der Waals surface area contributed by atoms with Crippen LogP contribution < -0.4 is 10.9 Å². The highest BCUT2D eigenvalue weighted by molar-refractivity contribution is 5.77. The number of H-pyrrole nitrogens is 1. The number of hydrogen-bond acceptors (Lipinski definition) is 4. The molecule has 0 aromatic carbocycles. The zero-order valence-electron chi connectivity index (χ0n) is 10.2. The number of hydrogen-bond donors (Lipinski definition) is 3. The van der Waals surface area contributed by atoms with Crippen molar-refractivity contribution in [1.29, 1.82) is 0 Å². The van der Waals surface area contributed by atoms with E-state index in [-0.39, 0.29) is 23.7 Å². The third-order valence-electron chi connectivity index (χ3n) is 2.25. The van der Waals surface area contributed by atoms with Crippen molar-refractivity contribution in [2.24, 2.45) is 0 Å². The summed E-state index contributed by atoms with van der Waals surface area (Å²) in [5.74, 6) is 1.93. The normalized spacial score (nSPS) is 11.9. The lowest BCUT2D eigenvalue weighted by Crippen LogP contribution is -2.30. The molecule has 18 heavy (non-hydrogen) atoms. The third-order valence-corrected chi connectivity index (χ3v) is 2.25. The second-order valence-electron chi connectivity index (χ2n) is 4.11. The molecule has 96 valence electrons. The molecule has 0 spiro atoms. The van der Waals surface area contributed by atoms with Crippen molar-refractivity contribution in [3.63, 3.8) is 0 Å². The Kier molecular flexibility index (Phi) is 4.49. The summed E-state index contributed by atoms with van der Waals surface area (Å²) >= 11 is 0. The predicted molar refractivity (Wildman–Crippen MR) is 67.4 cm³/mol. The van der Waals surface area contributed by atoms with Crippen molar-refractivity contribution in [2.45, 2.75) is 32.2 Å². The highest BCUT2D eigenvalue weighted by Gasteiger charge is 2.17. The van der Waals surface area contributed by atoms with E-state index in [0.717, 1.165) is 0 Å². The second-order valence-corrected chi connectivity index (χ2v) is 4.11. The molecule has 0 saturated carbocycles. The first-order valence-electron chi connectivity index (χ1n) is 5.48. The summed E-state index contributed by atoms with van der Waals surface area (Å²) in [6.07, 6.45) is 5.10. The highest BCUT2D eigenvalue weighted by atomic mass is 16.4. The van der Waals surface area contributed by atoms with E-state index in [0.29, 0.717) is 5.82 Å². The molecular formula is C12H15N3O3. The Morgan fingerprint density at radius 1 is 1.67 bits per heavy atom. The lowest BCUT2D eigenvalue weighted by atomic mass is 10.2. The Balaban J connectivity index is 3.00. The van der Waals surface area contributed by atoms with E-state index < -0.39 is 12.0 Å². The van der Waals surface area contributed by atoms with Gasteiger partial charge in [0.15, 0.2) is 0 Å². The van der Waals surface area contributed by atoms with Crippen LogP contribution in [-0.2, 0) is 4.79 Å². The van der Waals surface area contributed by atoms with Gasteiger partial charge in [0, 0.05) is 18.4 Å². The topological polar surface area (TPSA) is 95.1 Å². The maximum Gasteiger partial charge on any atom is 0.327 e. The Morgan fingerprint density at radius 2 is 2.33 bits per heavy atom. The zero-order chi connectivity index (χ0) is 13.7. The second kappa shape index (κ2) is 5.87. The van der Waals surface area contributed by atoms with Gasteiger partial charge in [0.05, 0.1) is 0 Å². The van der Waals surface area contributed by atoms with Crippen LogP contribution in [0.25, 0.3) is 0 Å². The van der Waals surface area contributed by atoms with Crippen LogP contribution in [0.4, 0.5) is 5.82 Å². The summed E-state index contributed by atoms with van der Waals surface area (Å²) in [5, 5.41) is 11.6. The van der Waals surface area contributed by atoms with Gasteiger partial charge in [0.1, 0.15) is 17.7 Å². The summed E-state index contributed by atoms with van der Waals surface area (Å²) in [6.45, 7) is 3.75. The van der Waals surface area contributed by atoms with Crippen molar-refractivity contribution < 1.29 is 9.90 Å². The number of aromatic nitrogens is 2. The molecule has 0 aliphatic heterocycles. The maximum absolute atomic E-state index is 11.4. The van der Waals surface area contributed by atoms with Crippen molar-refractivity contribution in [3.8, 4) is 12.3 Å². The van der Waals surface area contributed by atoms with Crippen molar-refractivity contribution >= 4 is 11.8 Å². The average molecular weight is 249 g/mol. The molecule has 1 rings (SSSR count). The minimum absolute atomic E-state index is 0.0147. The van der Waals surface area contributed by atoms with Gasteiger partial charge in [-0.1, -0.05) is 13.8 Å². The van der Waals surface area contributed by atoms with Gasteiger partial charge in [-0.25, -0.2) is 9.78 Å². The molecule has 6 nitrogen and oxygen atoms in total. The van der Waals surface area contributed by atoms with E-state index in [1.165, 1.54) is 6.07 Å². The van der Waals surface area contributed by atoms with Crippen LogP contribution in [0.3, 0.4) is 0 Å². The van der Waals surface area contributed by atoms with Crippen molar-refractivity contribution in [1.82, 2.24) is 9.97 Å². The number of aliphatic carboxylic acids is 1. The number of carboxylic acid groups (broad SMARTS) is 1. The van der Waals surface area contributed by atoms with Gasteiger partial charge in [-0.15, -0.1) is 12.3 Å². The molecule has 1 aromatic heterocycles. The first-order chi connectivity index (χ1) is 8.43. The number of anilines is 1. The lowest BCUT2D eigenvalue weighted by molar-refractivity contribution is -0.137. The summed E-state index contributed by atoms with van der Waals surface area (Å²) in [5.41, 5.74) is -0.332. The number of aromatic amines is 1.